The highest BCUT2D eigenvalue weighted by Gasteiger charge is 2.28. The number of hydrogen-bond donors (Lipinski definition) is 1. The molecule has 2 aliphatic rings. The molecule has 2 heterocycles. The fourth-order valence-electron chi connectivity index (χ4n) is 4.87. The largest absolute Gasteiger partial charge is 0.400 e. The molecule has 0 spiro atoms. The van der Waals surface area contributed by atoms with Gasteiger partial charge in [-0.3, -0.25) is 0 Å². The van der Waals surface area contributed by atoms with Crippen LogP contribution in [0.4, 0.5) is 11.5 Å². The van der Waals surface area contributed by atoms with E-state index in [2.05, 4.69) is 65.6 Å². The van der Waals surface area contributed by atoms with Crippen LogP contribution >= 0.6 is 0 Å². The first-order valence-electron chi connectivity index (χ1n) is 14.9. The first-order chi connectivity index (χ1) is 17.8. The zero-order valence-corrected chi connectivity index (χ0v) is 26.4. The average molecular weight is 514 g/mol. The van der Waals surface area contributed by atoms with Gasteiger partial charge in [-0.2, -0.15) is 0 Å². The van der Waals surface area contributed by atoms with Gasteiger partial charge in [0.05, 0.1) is 24.2 Å². The van der Waals surface area contributed by atoms with E-state index in [1.165, 1.54) is 40.9 Å². The maximum atomic E-state index is 6.77. The summed E-state index contributed by atoms with van der Waals surface area (Å²) in [5.41, 5.74) is 14.3. The average Bonchev–Trinajstić information content (AvgIpc) is 3.07. The third kappa shape index (κ3) is 9.75. The van der Waals surface area contributed by atoms with Crippen molar-refractivity contribution in [1.82, 2.24) is 9.88 Å². The zero-order chi connectivity index (χ0) is 28.5. The molecule has 0 amide bonds. The van der Waals surface area contributed by atoms with Gasteiger partial charge in [0.15, 0.2) is 0 Å². The molecule has 1 aliphatic heterocycles. The number of aryl methyl sites for hydroxylation is 1. The van der Waals surface area contributed by atoms with Crippen molar-refractivity contribution in [2.45, 2.75) is 101 Å². The van der Waals surface area contributed by atoms with Gasteiger partial charge >= 0.3 is 0 Å². The quantitative estimate of drug-likeness (QED) is 0.397. The van der Waals surface area contributed by atoms with Gasteiger partial charge < -0.3 is 20.4 Å². The highest BCUT2D eigenvalue weighted by molar-refractivity contribution is 5.57. The van der Waals surface area contributed by atoms with Gasteiger partial charge in [0.2, 0.25) is 0 Å². The molecule has 1 atom stereocenters. The van der Waals surface area contributed by atoms with Crippen LogP contribution in [0.15, 0.2) is 47.0 Å². The molecule has 1 aromatic heterocycles. The van der Waals surface area contributed by atoms with Crippen LogP contribution in [-0.4, -0.2) is 43.7 Å². The first kappa shape index (κ1) is 34.6. The van der Waals surface area contributed by atoms with E-state index >= 15 is 0 Å². The molecule has 212 valence electrons. The zero-order valence-electron chi connectivity index (χ0n) is 26.4. The predicted octanol–water partition coefficient (Wildman–Crippen LogP) is 8.28. The molecule has 0 aromatic carbocycles. The van der Waals surface area contributed by atoms with Crippen molar-refractivity contribution in [2.75, 3.05) is 43.7 Å². The maximum absolute atomic E-state index is 6.77. The summed E-state index contributed by atoms with van der Waals surface area (Å²) in [6.07, 6.45) is 12.2. The molecule has 5 heteroatoms. The van der Waals surface area contributed by atoms with E-state index < -0.39 is 0 Å². The number of allylic oxidation sites excluding steroid dienone is 4. The molecule has 2 N–H and O–H groups in total. The van der Waals surface area contributed by atoms with Crippen LogP contribution in [0, 0.1) is 12.8 Å². The number of pyridine rings is 1. The summed E-state index contributed by atoms with van der Waals surface area (Å²) in [5.74, 6) is 1.56. The summed E-state index contributed by atoms with van der Waals surface area (Å²) in [7, 11) is 4.07. The Morgan fingerprint density at radius 2 is 1.59 bits per heavy atom. The molecule has 0 saturated carbocycles. The summed E-state index contributed by atoms with van der Waals surface area (Å²) in [4.78, 5) is 11.7. The summed E-state index contributed by atoms with van der Waals surface area (Å²) in [6.45, 7) is 23.9. The van der Waals surface area contributed by atoms with Crippen LogP contribution in [-0.2, 0) is 0 Å². The highest BCUT2D eigenvalue weighted by atomic mass is 15.3. The van der Waals surface area contributed by atoms with Crippen LogP contribution < -0.4 is 15.5 Å². The number of nitrogens with two attached hydrogens (primary N) is 1. The molecule has 1 aliphatic carbocycles. The Balaban J connectivity index is 0.00000201. The Morgan fingerprint density at radius 3 is 2.14 bits per heavy atom. The molecule has 1 unspecified atom stereocenters. The lowest BCUT2D eigenvalue weighted by atomic mass is 9.88. The van der Waals surface area contributed by atoms with Gasteiger partial charge in [-0.15, -0.1) is 0 Å². The molecule has 1 saturated heterocycles. The van der Waals surface area contributed by atoms with Crippen molar-refractivity contribution in [3.05, 3.63) is 52.5 Å². The summed E-state index contributed by atoms with van der Waals surface area (Å²) < 4.78 is 0. The number of nitrogens with zero attached hydrogens (tertiary/aromatic N) is 4. The van der Waals surface area contributed by atoms with Crippen molar-refractivity contribution in [1.29, 1.82) is 0 Å². The van der Waals surface area contributed by atoms with Crippen molar-refractivity contribution in [3.8, 4) is 0 Å². The molecular formula is C32H59N5. The maximum Gasteiger partial charge on any atom is 0.128 e. The molecular weight excluding hydrogens is 454 g/mol. The van der Waals surface area contributed by atoms with Crippen molar-refractivity contribution in [2.24, 2.45) is 11.7 Å². The third-order valence-corrected chi connectivity index (χ3v) is 6.55. The standard InChI is InChI=1S/C26H41N5.3C2H6/c1-7-10-21(8-2)22-12-11-19(3)15-23(27)26(22)31-14-9-13-30(18-31)24-17-28-25(29(5)6)16-20(24)4;3*1-2/h11-12,16-17,21H,7-10,13-15,18,27H2,1-6H3;3*1-2H3. The van der Waals surface area contributed by atoms with E-state index in [0.29, 0.717) is 5.92 Å². The van der Waals surface area contributed by atoms with Crippen molar-refractivity contribution >= 4 is 11.5 Å². The van der Waals surface area contributed by atoms with Gasteiger partial charge in [-0.1, -0.05) is 79.5 Å². The van der Waals surface area contributed by atoms with Crippen LogP contribution in [0.3, 0.4) is 0 Å². The van der Waals surface area contributed by atoms with E-state index in [-0.39, 0.29) is 0 Å². The molecule has 0 radical (unpaired) electrons. The van der Waals surface area contributed by atoms with E-state index in [4.69, 9.17) is 5.73 Å². The van der Waals surface area contributed by atoms with Gasteiger partial charge in [0.1, 0.15) is 5.82 Å². The van der Waals surface area contributed by atoms with E-state index in [1.807, 2.05) is 61.8 Å². The Hall–Kier alpha value is -2.43. The fraction of sp³-hybridized carbons (Fsp3) is 0.656. The summed E-state index contributed by atoms with van der Waals surface area (Å²) >= 11 is 0. The summed E-state index contributed by atoms with van der Waals surface area (Å²) in [5, 5.41) is 0. The van der Waals surface area contributed by atoms with Gasteiger partial charge in [0.25, 0.3) is 0 Å². The Labute approximate surface area is 230 Å². The molecule has 5 nitrogen and oxygen atoms in total. The Bertz CT molecular complexity index is 866. The predicted molar refractivity (Wildman–Crippen MR) is 167 cm³/mol. The van der Waals surface area contributed by atoms with Crippen molar-refractivity contribution in [3.63, 3.8) is 0 Å². The van der Waals surface area contributed by atoms with Gasteiger partial charge in [-0.05, 0) is 56.2 Å². The number of anilines is 2. The minimum Gasteiger partial charge on any atom is -0.400 e. The fourth-order valence-corrected chi connectivity index (χ4v) is 4.87. The van der Waals surface area contributed by atoms with Crippen LogP contribution in [0.2, 0.25) is 0 Å². The first-order valence-corrected chi connectivity index (χ1v) is 14.9. The monoisotopic (exact) mass is 513 g/mol. The lowest BCUT2D eigenvalue weighted by Gasteiger charge is -2.42. The molecule has 37 heavy (non-hydrogen) atoms. The minimum atomic E-state index is 0.554. The normalized spacial score (nSPS) is 16.0. The SMILES string of the molecule is CC.CC.CC.CCCC(CC)C1=CC=C(C)CC(N)=C1N1CCCN(c2cnc(N(C)C)cc2C)C1. The smallest absolute Gasteiger partial charge is 0.128 e. The number of rotatable bonds is 7. The lowest BCUT2D eigenvalue weighted by Crippen LogP contribution is -2.46. The van der Waals surface area contributed by atoms with E-state index in [1.54, 1.807) is 0 Å². The topological polar surface area (TPSA) is 48.6 Å². The Kier molecular flexibility index (Phi) is 17.5. The minimum absolute atomic E-state index is 0.554. The molecule has 1 fully saturated rings. The van der Waals surface area contributed by atoms with Crippen LogP contribution in [0.1, 0.15) is 100.0 Å². The van der Waals surface area contributed by atoms with E-state index in [9.17, 15) is 0 Å². The molecule has 1 aromatic rings. The van der Waals surface area contributed by atoms with Crippen molar-refractivity contribution < 1.29 is 0 Å². The number of hydrogen-bond acceptors (Lipinski definition) is 5. The third-order valence-electron chi connectivity index (χ3n) is 6.55. The highest BCUT2D eigenvalue weighted by Crippen LogP contribution is 2.35. The Morgan fingerprint density at radius 1 is 0.973 bits per heavy atom. The van der Waals surface area contributed by atoms with Gasteiger partial charge in [-0.25, -0.2) is 4.98 Å². The van der Waals surface area contributed by atoms with Crippen LogP contribution in [0.25, 0.3) is 0 Å². The second kappa shape index (κ2) is 18.8. The van der Waals surface area contributed by atoms with Gasteiger partial charge in [0, 0.05) is 39.3 Å². The van der Waals surface area contributed by atoms with E-state index in [0.717, 1.165) is 50.5 Å². The lowest BCUT2D eigenvalue weighted by molar-refractivity contribution is 0.294. The second-order valence-corrected chi connectivity index (χ2v) is 9.32. The summed E-state index contributed by atoms with van der Waals surface area (Å²) in [6, 6.07) is 2.18. The molecule has 0 bridgehead atoms. The number of aromatic nitrogens is 1. The molecule has 3 rings (SSSR count). The van der Waals surface area contributed by atoms with Crippen LogP contribution in [0.5, 0.6) is 0 Å². The second-order valence-electron chi connectivity index (χ2n) is 9.32.